The van der Waals surface area contributed by atoms with Gasteiger partial charge in [0.1, 0.15) is 11.9 Å². The normalized spacial score (nSPS) is 24.2. The van der Waals surface area contributed by atoms with Crippen LogP contribution in [0.15, 0.2) is 17.1 Å². The van der Waals surface area contributed by atoms with Gasteiger partial charge in [0, 0.05) is 33.0 Å². The van der Waals surface area contributed by atoms with E-state index in [4.69, 9.17) is 21.6 Å². The predicted molar refractivity (Wildman–Crippen MR) is 125 cm³/mol. The van der Waals surface area contributed by atoms with Crippen LogP contribution in [0.4, 0.5) is 10.2 Å². The van der Waals surface area contributed by atoms with Crippen LogP contribution < -0.4 is 11.0 Å². The third kappa shape index (κ3) is 7.29. The van der Waals surface area contributed by atoms with E-state index in [2.05, 4.69) is 16.2 Å². The maximum Gasteiger partial charge on any atom is 0.351 e. The van der Waals surface area contributed by atoms with Crippen molar-refractivity contribution in [3.63, 3.8) is 0 Å². The number of anilines is 1. The van der Waals surface area contributed by atoms with Gasteiger partial charge in [-0.1, -0.05) is 0 Å². The Morgan fingerprint density at radius 1 is 1.48 bits per heavy atom. The number of carbonyl (C=O) groups excluding carboxylic acids is 1. The first kappa shape index (κ1) is 25.7. The van der Waals surface area contributed by atoms with Gasteiger partial charge in [-0.2, -0.15) is 4.98 Å². The van der Waals surface area contributed by atoms with E-state index in [0.29, 0.717) is 19.4 Å². The number of aromatic nitrogens is 2. The highest BCUT2D eigenvalue weighted by Crippen LogP contribution is 2.50. The zero-order valence-corrected chi connectivity index (χ0v) is 20.6. The van der Waals surface area contributed by atoms with Crippen molar-refractivity contribution in [3.05, 3.63) is 22.7 Å². The average Bonchev–Trinajstić information content (AvgIpc) is 3.05. The second-order valence-corrected chi connectivity index (χ2v) is 9.62. The number of terminal acetylenes is 1. The minimum absolute atomic E-state index is 0.0533. The van der Waals surface area contributed by atoms with E-state index in [1.165, 1.54) is 19.2 Å². The van der Waals surface area contributed by atoms with Crippen molar-refractivity contribution < 1.29 is 24.3 Å². The van der Waals surface area contributed by atoms with Gasteiger partial charge in [0.2, 0.25) is 5.91 Å². The SMILES string of the molecule is [2H]CC1OC(n2ccc(NC(C)=O)nc2=O)C(F)C1OP(OCCCC#C)N(C(C)C)C(C)C. The lowest BCUT2D eigenvalue weighted by Gasteiger charge is -2.37. The minimum atomic E-state index is -1.75. The Labute approximate surface area is 197 Å². The van der Waals surface area contributed by atoms with Crippen molar-refractivity contribution in [2.75, 3.05) is 11.9 Å². The summed E-state index contributed by atoms with van der Waals surface area (Å²) in [5, 5.41) is 2.41. The predicted octanol–water partition coefficient (Wildman–Crippen LogP) is 3.62. The third-order valence-corrected chi connectivity index (χ3v) is 6.93. The number of hydrogen-bond donors (Lipinski definition) is 1. The van der Waals surface area contributed by atoms with Crippen LogP contribution in [0.2, 0.25) is 0 Å². The highest BCUT2D eigenvalue weighted by molar-refractivity contribution is 7.44. The van der Waals surface area contributed by atoms with Gasteiger partial charge in [-0.3, -0.25) is 9.36 Å². The molecule has 184 valence electrons. The Hall–Kier alpha value is -1.89. The summed E-state index contributed by atoms with van der Waals surface area (Å²) in [6.45, 7) is 9.34. The van der Waals surface area contributed by atoms with Crippen molar-refractivity contribution in [3.8, 4) is 12.3 Å². The average molecular weight is 486 g/mol. The lowest BCUT2D eigenvalue weighted by atomic mass is 10.2. The van der Waals surface area contributed by atoms with Gasteiger partial charge in [0.15, 0.2) is 12.4 Å². The molecule has 9 nitrogen and oxygen atoms in total. The maximum absolute atomic E-state index is 15.7. The molecular weight excluding hydrogens is 450 g/mol. The summed E-state index contributed by atoms with van der Waals surface area (Å²) in [6.07, 6.45) is 2.70. The number of ether oxygens (including phenoxy) is 1. The molecule has 1 aliphatic rings. The molecule has 0 radical (unpaired) electrons. The van der Waals surface area contributed by atoms with E-state index < -0.39 is 38.8 Å². The fourth-order valence-electron chi connectivity index (χ4n) is 3.45. The Kier molecular flexibility index (Phi) is 9.78. The number of rotatable bonds is 11. The largest absolute Gasteiger partial charge is 0.351 e. The molecule has 0 aliphatic carbocycles. The van der Waals surface area contributed by atoms with Gasteiger partial charge < -0.3 is 19.1 Å². The van der Waals surface area contributed by atoms with Crippen molar-refractivity contribution in [2.24, 2.45) is 0 Å². The zero-order chi connectivity index (χ0) is 25.4. The molecule has 1 amide bonds. The van der Waals surface area contributed by atoms with Gasteiger partial charge >= 0.3 is 5.69 Å². The number of halogens is 1. The van der Waals surface area contributed by atoms with Crippen molar-refractivity contribution in [1.29, 1.82) is 0 Å². The molecular formula is C22H34FN4O5P. The molecule has 1 aromatic rings. The molecule has 1 N–H and O–H groups in total. The molecule has 1 fully saturated rings. The van der Waals surface area contributed by atoms with Crippen LogP contribution in [0.25, 0.3) is 0 Å². The first-order valence-electron chi connectivity index (χ1n) is 11.6. The minimum Gasteiger partial charge on any atom is -0.349 e. The summed E-state index contributed by atoms with van der Waals surface area (Å²) in [5.41, 5.74) is -0.790. The number of nitrogens with zero attached hydrogens (tertiary/aromatic N) is 3. The van der Waals surface area contributed by atoms with E-state index in [-0.39, 0.29) is 30.7 Å². The van der Waals surface area contributed by atoms with E-state index in [0.717, 1.165) is 4.57 Å². The molecule has 0 spiro atoms. The Balaban J connectivity index is 2.27. The van der Waals surface area contributed by atoms with Gasteiger partial charge in [-0.05, 0) is 47.1 Å². The van der Waals surface area contributed by atoms with E-state index in [1.807, 2.05) is 32.4 Å². The Morgan fingerprint density at radius 2 is 2.18 bits per heavy atom. The Bertz CT molecular complexity index is 904. The smallest absolute Gasteiger partial charge is 0.349 e. The molecule has 5 unspecified atom stereocenters. The van der Waals surface area contributed by atoms with Crippen molar-refractivity contribution in [1.82, 2.24) is 14.2 Å². The summed E-state index contributed by atoms with van der Waals surface area (Å²) < 4.78 is 44.4. The standard InChI is InChI=1S/C22H34FN4O5P/c1-8-9-10-13-30-33(27(14(2)3)15(4)5)32-20-16(6)31-21(19(20)23)26-12-11-18(24-17(7)28)25-22(26)29/h1,11-12,14-16,19-21H,9-10,13H2,2-7H3,(H,24,25,28,29)/i6D. The van der Waals surface area contributed by atoms with E-state index >= 15 is 4.39 Å². The molecule has 1 saturated heterocycles. The lowest BCUT2D eigenvalue weighted by molar-refractivity contribution is -0.114. The summed E-state index contributed by atoms with van der Waals surface area (Å²) in [4.78, 5) is 27.4. The second-order valence-electron chi connectivity index (χ2n) is 8.21. The van der Waals surface area contributed by atoms with Gasteiger partial charge in [-0.15, -0.1) is 12.3 Å². The monoisotopic (exact) mass is 485 g/mol. The number of carbonyl (C=O) groups is 1. The number of nitrogens with one attached hydrogen (secondary N) is 1. The molecule has 11 heteroatoms. The summed E-state index contributed by atoms with van der Waals surface area (Å²) in [7, 11) is -1.69. The van der Waals surface area contributed by atoms with Crippen molar-refractivity contribution in [2.45, 2.75) is 91.1 Å². The van der Waals surface area contributed by atoms with Gasteiger partial charge in [0.25, 0.3) is 8.53 Å². The van der Waals surface area contributed by atoms with Crippen LogP contribution >= 0.6 is 8.53 Å². The molecule has 2 rings (SSSR count). The summed E-state index contributed by atoms with van der Waals surface area (Å²) in [6, 6.07) is 1.48. The van der Waals surface area contributed by atoms with Crippen LogP contribution in [0, 0.1) is 12.3 Å². The maximum atomic E-state index is 15.7. The summed E-state index contributed by atoms with van der Waals surface area (Å²) in [5.74, 6) is 2.23. The topological polar surface area (TPSA) is 94.9 Å². The highest BCUT2D eigenvalue weighted by atomic mass is 31.2. The molecule has 0 saturated carbocycles. The molecule has 0 bridgehead atoms. The zero-order valence-electron chi connectivity index (χ0n) is 20.7. The first-order valence-corrected chi connectivity index (χ1v) is 12.0. The molecule has 0 aromatic carbocycles. The Morgan fingerprint density at radius 3 is 2.73 bits per heavy atom. The van der Waals surface area contributed by atoms with Crippen molar-refractivity contribution >= 4 is 20.3 Å². The molecule has 33 heavy (non-hydrogen) atoms. The van der Waals surface area contributed by atoms with E-state index in [9.17, 15) is 9.59 Å². The number of unbranched alkanes of at least 4 members (excludes halogenated alkanes) is 1. The first-order chi connectivity index (χ1) is 16.1. The van der Waals surface area contributed by atoms with Crippen LogP contribution in [0.3, 0.4) is 0 Å². The fraction of sp³-hybridized carbons (Fsp3) is 0.682. The second kappa shape index (κ2) is 12.5. The summed E-state index contributed by atoms with van der Waals surface area (Å²) >= 11 is 0. The van der Waals surface area contributed by atoms with Crippen LogP contribution in [0.5, 0.6) is 0 Å². The van der Waals surface area contributed by atoms with Gasteiger partial charge in [-0.25, -0.2) is 13.9 Å². The highest BCUT2D eigenvalue weighted by Gasteiger charge is 2.47. The lowest BCUT2D eigenvalue weighted by Crippen LogP contribution is -2.38. The fourth-order valence-corrected chi connectivity index (χ4v) is 5.25. The van der Waals surface area contributed by atoms with Crippen LogP contribution in [0.1, 0.15) is 62.0 Å². The third-order valence-electron chi connectivity index (χ3n) is 4.80. The molecule has 2 heterocycles. The quantitative estimate of drug-likeness (QED) is 0.291. The number of hydrogen-bond acceptors (Lipinski definition) is 7. The van der Waals surface area contributed by atoms with Crippen LogP contribution in [-0.2, 0) is 18.6 Å². The number of alkyl halides is 1. The molecule has 1 aromatic heterocycles. The van der Waals surface area contributed by atoms with Gasteiger partial charge in [0.05, 0.1) is 12.7 Å². The number of amides is 1. The molecule has 1 aliphatic heterocycles. The van der Waals surface area contributed by atoms with E-state index in [1.54, 1.807) is 0 Å². The molecule has 5 atom stereocenters. The van der Waals surface area contributed by atoms with Crippen LogP contribution in [-0.4, -0.2) is 57.2 Å².